The van der Waals surface area contributed by atoms with Crippen molar-refractivity contribution in [2.75, 3.05) is 29.6 Å². The van der Waals surface area contributed by atoms with Crippen LogP contribution in [0.5, 0.6) is 0 Å². The standard InChI is InChI=1S/C25H31N3O/c1-16(2)14-24(29)26-18-10-13-23-22(15-18)20-6-5-7-21(20)25(27-23)17-8-11-19(12-9-17)28(3)4/h5-6,8-13,15-16,20-21,25,27H,7,14H2,1-4H3,(H,26,29). The molecule has 0 fully saturated rings. The summed E-state index contributed by atoms with van der Waals surface area (Å²) in [6.07, 6.45) is 6.26. The number of benzene rings is 2. The average molecular weight is 390 g/mol. The summed E-state index contributed by atoms with van der Waals surface area (Å²) in [6, 6.07) is 15.4. The van der Waals surface area contributed by atoms with Gasteiger partial charge in [-0.15, -0.1) is 0 Å². The lowest BCUT2D eigenvalue weighted by Gasteiger charge is -2.38. The number of fused-ring (bicyclic) bond motifs is 3. The molecule has 2 aromatic carbocycles. The van der Waals surface area contributed by atoms with Gasteiger partial charge in [0.05, 0.1) is 6.04 Å². The minimum Gasteiger partial charge on any atom is -0.378 e. The van der Waals surface area contributed by atoms with Crippen LogP contribution >= 0.6 is 0 Å². The molecule has 0 aromatic heterocycles. The van der Waals surface area contributed by atoms with Crippen LogP contribution < -0.4 is 15.5 Å². The smallest absolute Gasteiger partial charge is 0.224 e. The van der Waals surface area contributed by atoms with Gasteiger partial charge in [0.2, 0.25) is 5.91 Å². The highest BCUT2D eigenvalue weighted by atomic mass is 16.1. The van der Waals surface area contributed by atoms with E-state index in [1.54, 1.807) is 0 Å². The summed E-state index contributed by atoms with van der Waals surface area (Å²) in [5.74, 6) is 1.32. The van der Waals surface area contributed by atoms with E-state index < -0.39 is 0 Å². The molecule has 0 bridgehead atoms. The number of allylic oxidation sites excluding steroid dienone is 2. The van der Waals surface area contributed by atoms with Crippen LogP contribution in [0.2, 0.25) is 0 Å². The Bertz CT molecular complexity index is 914. The molecule has 152 valence electrons. The van der Waals surface area contributed by atoms with Gasteiger partial charge in [-0.05, 0) is 59.7 Å². The van der Waals surface area contributed by atoms with Crippen LogP contribution in [0, 0.1) is 11.8 Å². The molecule has 4 rings (SSSR count). The first kappa shape index (κ1) is 19.6. The summed E-state index contributed by atoms with van der Waals surface area (Å²) >= 11 is 0. The zero-order chi connectivity index (χ0) is 20.5. The summed E-state index contributed by atoms with van der Waals surface area (Å²) < 4.78 is 0. The van der Waals surface area contributed by atoms with Gasteiger partial charge >= 0.3 is 0 Å². The Balaban J connectivity index is 1.59. The van der Waals surface area contributed by atoms with Gasteiger partial charge in [-0.3, -0.25) is 4.79 Å². The van der Waals surface area contributed by atoms with E-state index in [1.165, 1.54) is 22.5 Å². The van der Waals surface area contributed by atoms with Crippen LogP contribution in [0.1, 0.15) is 49.8 Å². The fourth-order valence-corrected chi connectivity index (χ4v) is 4.56. The number of amides is 1. The average Bonchev–Trinajstić information content (AvgIpc) is 3.17. The number of nitrogens with zero attached hydrogens (tertiary/aromatic N) is 1. The number of nitrogens with one attached hydrogen (secondary N) is 2. The van der Waals surface area contributed by atoms with E-state index in [-0.39, 0.29) is 5.91 Å². The van der Waals surface area contributed by atoms with E-state index in [2.05, 4.69) is 92.0 Å². The molecule has 3 atom stereocenters. The van der Waals surface area contributed by atoms with Crippen LogP contribution in [0.4, 0.5) is 17.1 Å². The van der Waals surface area contributed by atoms with Crippen molar-refractivity contribution in [1.29, 1.82) is 0 Å². The molecule has 29 heavy (non-hydrogen) atoms. The van der Waals surface area contributed by atoms with Gasteiger partial charge in [0.25, 0.3) is 0 Å². The van der Waals surface area contributed by atoms with Crippen molar-refractivity contribution in [2.45, 2.75) is 38.6 Å². The molecule has 0 saturated heterocycles. The van der Waals surface area contributed by atoms with Gasteiger partial charge in [-0.25, -0.2) is 0 Å². The second-order valence-corrected chi connectivity index (χ2v) is 8.91. The predicted octanol–water partition coefficient (Wildman–Crippen LogP) is 5.56. The lowest BCUT2D eigenvalue weighted by molar-refractivity contribution is -0.116. The third kappa shape index (κ3) is 4.02. The first-order valence-electron chi connectivity index (χ1n) is 10.6. The third-order valence-electron chi connectivity index (χ3n) is 6.01. The van der Waals surface area contributed by atoms with Gasteiger partial charge in [-0.1, -0.05) is 38.1 Å². The first-order chi connectivity index (χ1) is 13.9. The van der Waals surface area contributed by atoms with Crippen LogP contribution in [0.15, 0.2) is 54.6 Å². The van der Waals surface area contributed by atoms with E-state index in [9.17, 15) is 4.79 Å². The summed E-state index contributed by atoms with van der Waals surface area (Å²) in [6.45, 7) is 4.13. The van der Waals surface area contributed by atoms with Gasteiger partial charge in [0, 0.05) is 43.5 Å². The third-order valence-corrected chi connectivity index (χ3v) is 6.01. The van der Waals surface area contributed by atoms with Gasteiger partial charge < -0.3 is 15.5 Å². The number of carbonyl (C=O) groups is 1. The molecule has 2 aliphatic rings. The number of hydrogen-bond acceptors (Lipinski definition) is 3. The van der Waals surface area contributed by atoms with E-state index >= 15 is 0 Å². The molecule has 1 heterocycles. The second kappa shape index (κ2) is 7.94. The highest BCUT2D eigenvalue weighted by molar-refractivity contribution is 5.91. The summed E-state index contributed by atoms with van der Waals surface area (Å²) in [5, 5.41) is 6.85. The molecule has 0 spiro atoms. The molecular formula is C25H31N3O. The Morgan fingerprint density at radius 1 is 1.17 bits per heavy atom. The Labute approximate surface area is 174 Å². The van der Waals surface area contributed by atoms with Crippen LogP contribution in [-0.4, -0.2) is 20.0 Å². The maximum absolute atomic E-state index is 12.2. The van der Waals surface area contributed by atoms with Crippen LogP contribution in [0.3, 0.4) is 0 Å². The number of hydrogen-bond donors (Lipinski definition) is 2. The van der Waals surface area contributed by atoms with Crippen molar-refractivity contribution >= 4 is 23.0 Å². The van der Waals surface area contributed by atoms with Crippen molar-refractivity contribution in [3.8, 4) is 0 Å². The lowest BCUT2D eigenvalue weighted by atomic mass is 9.77. The first-order valence-corrected chi connectivity index (χ1v) is 10.6. The fraction of sp³-hybridized carbons (Fsp3) is 0.400. The molecule has 2 aromatic rings. The van der Waals surface area contributed by atoms with Gasteiger partial charge in [0.15, 0.2) is 0 Å². The Morgan fingerprint density at radius 2 is 1.93 bits per heavy atom. The van der Waals surface area contributed by atoms with Crippen molar-refractivity contribution < 1.29 is 4.79 Å². The number of carbonyl (C=O) groups excluding carboxylic acids is 1. The largest absolute Gasteiger partial charge is 0.378 e. The Kier molecular flexibility index (Phi) is 5.35. The minimum absolute atomic E-state index is 0.0843. The minimum atomic E-state index is 0.0843. The quantitative estimate of drug-likeness (QED) is 0.658. The van der Waals surface area contributed by atoms with E-state index in [1.807, 2.05) is 6.07 Å². The summed E-state index contributed by atoms with van der Waals surface area (Å²) in [5.41, 5.74) is 5.89. The molecule has 1 amide bonds. The predicted molar refractivity (Wildman–Crippen MR) is 122 cm³/mol. The maximum atomic E-state index is 12.2. The van der Waals surface area contributed by atoms with Crippen LogP contribution in [-0.2, 0) is 4.79 Å². The monoisotopic (exact) mass is 389 g/mol. The summed E-state index contributed by atoms with van der Waals surface area (Å²) in [7, 11) is 4.14. The molecule has 2 N–H and O–H groups in total. The molecular weight excluding hydrogens is 358 g/mol. The molecule has 3 unspecified atom stereocenters. The van der Waals surface area contributed by atoms with E-state index in [4.69, 9.17) is 0 Å². The molecule has 4 heteroatoms. The zero-order valence-corrected chi connectivity index (χ0v) is 17.8. The molecule has 4 nitrogen and oxygen atoms in total. The van der Waals surface area contributed by atoms with Crippen molar-refractivity contribution in [3.63, 3.8) is 0 Å². The Morgan fingerprint density at radius 3 is 2.62 bits per heavy atom. The molecule has 0 radical (unpaired) electrons. The fourth-order valence-electron chi connectivity index (χ4n) is 4.56. The van der Waals surface area contributed by atoms with Gasteiger partial charge in [0.1, 0.15) is 0 Å². The van der Waals surface area contributed by atoms with Gasteiger partial charge in [-0.2, -0.15) is 0 Å². The SMILES string of the molecule is CC(C)CC(=O)Nc1ccc2c(c1)C1C=CCC1C(c1ccc(N(C)C)cc1)N2. The Hall–Kier alpha value is -2.75. The molecule has 1 aliphatic heterocycles. The van der Waals surface area contributed by atoms with Crippen molar-refractivity contribution in [3.05, 3.63) is 65.7 Å². The van der Waals surface area contributed by atoms with Crippen LogP contribution in [0.25, 0.3) is 0 Å². The highest BCUT2D eigenvalue weighted by Crippen LogP contribution is 2.50. The normalized spacial score (nSPS) is 22.0. The van der Waals surface area contributed by atoms with E-state index in [0.29, 0.717) is 30.2 Å². The summed E-state index contributed by atoms with van der Waals surface area (Å²) in [4.78, 5) is 14.3. The maximum Gasteiger partial charge on any atom is 0.224 e. The topological polar surface area (TPSA) is 44.4 Å². The lowest BCUT2D eigenvalue weighted by Crippen LogP contribution is -2.29. The molecule has 0 saturated carbocycles. The van der Waals surface area contributed by atoms with Crippen molar-refractivity contribution in [1.82, 2.24) is 0 Å². The number of anilines is 3. The second-order valence-electron chi connectivity index (χ2n) is 8.91. The van der Waals surface area contributed by atoms with E-state index in [0.717, 1.165) is 12.1 Å². The highest BCUT2D eigenvalue weighted by Gasteiger charge is 2.38. The molecule has 1 aliphatic carbocycles. The zero-order valence-electron chi connectivity index (χ0n) is 17.8. The number of rotatable bonds is 5. The van der Waals surface area contributed by atoms with Crippen molar-refractivity contribution in [2.24, 2.45) is 11.8 Å².